The van der Waals surface area contributed by atoms with Gasteiger partial charge in [0, 0.05) is 13.2 Å². The van der Waals surface area contributed by atoms with Gasteiger partial charge in [-0.2, -0.15) is 5.26 Å². The second-order valence-electron chi connectivity index (χ2n) is 2.68. The van der Waals surface area contributed by atoms with E-state index < -0.39 is 5.91 Å². The topological polar surface area (TPSA) is 95.9 Å². The van der Waals surface area contributed by atoms with Crippen LogP contribution in [0.1, 0.15) is 5.69 Å². The monoisotopic (exact) mass is 191 g/mol. The van der Waals surface area contributed by atoms with Crippen molar-refractivity contribution in [1.29, 1.82) is 5.26 Å². The molecule has 1 amide bonds. The lowest BCUT2D eigenvalue weighted by Gasteiger charge is -2.13. The second kappa shape index (κ2) is 4.18. The van der Waals surface area contributed by atoms with Gasteiger partial charge < -0.3 is 10.6 Å². The molecule has 72 valence electrons. The minimum Gasteiger partial charge on any atom is -0.368 e. The predicted molar refractivity (Wildman–Crippen MR) is 49.2 cm³/mol. The molecule has 6 nitrogen and oxygen atoms in total. The van der Waals surface area contributed by atoms with Crippen LogP contribution in [0, 0.1) is 11.3 Å². The van der Waals surface area contributed by atoms with Crippen molar-refractivity contribution in [3.63, 3.8) is 0 Å². The number of amides is 1. The summed E-state index contributed by atoms with van der Waals surface area (Å²) in [6, 6.07) is 3.37. The van der Waals surface area contributed by atoms with Gasteiger partial charge in [0.25, 0.3) is 0 Å². The molecule has 0 aliphatic carbocycles. The van der Waals surface area contributed by atoms with Gasteiger partial charge in [-0.15, -0.1) is 0 Å². The van der Waals surface area contributed by atoms with E-state index in [1.165, 1.54) is 17.2 Å². The second-order valence-corrected chi connectivity index (χ2v) is 2.68. The number of nitrogens with zero attached hydrogens (tertiary/aromatic N) is 4. The SMILES string of the molecule is CN(CC(N)=O)c1nccc(C#N)n1. The van der Waals surface area contributed by atoms with Crippen molar-refractivity contribution < 1.29 is 4.79 Å². The summed E-state index contributed by atoms with van der Waals surface area (Å²) in [7, 11) is 1.63. The zero-order valence-corrected chi connectivity index (χ0v) is 7.64. The number of anilines is 1. The summed E-state index contributed by atoms with van der Waals surface area (Å²) in [4.78, 5) is 19.9. The number of carbonyl (C=O) groups is 1. The molecule has 0 fully saturated rings. The van der Waals surface area contributed by atoms with Gasteiger partial charge in [-0.1, -0.05) is 0 Å². The average molecular weight is 191 g/mol. The summed E-state index contributed by atoms with van der Waals surface area (Å²) in [5.74, 6) is -0.165. The highest BCUT2D eigenvalue weighted by atomic mass is 16.1. The Morgan fingerprint density at radius 3 is 3.07 bits per heavy atom. The van der Waals surface area contributed by atoms with Crippen LogP contribution in [-0.2, 0) is 4.79 Å². The molecular weight excluding hydrogens is 182 g/mol. The van der Waals surface area contributed by atoms with Gasteiger partial charge in [-0.3, -0.25) is 4.79 Å². The lowest BCUT2D eigenvalue weighted by Crippen LogP contribution is -2.31. The largest absolute Gasteiger partial charge is 0.368 e. The van der Waals surface area contributed by atoms with E-state index in [-0.39, 0.29) is 12.2 Å². The fourth-order valence-corrected chi connectivity index (χ4v) is 0.899. The van der Waals surface area contributed by atoms with Gasteiger partial charge in [0.1, 0.15) is 11.8 Å². The molecule has 2 N–H and O–H groups in total. The Morgan fingerprint density at radius 1 is 1.79 bits per heavy atom. The van der Waals surface area contributed by atoms with Crippen molar-refractivity contribution in [2.45, 2.75) is 0 Å². The molecule has 0 bridgehead atoms. The summed E-state index contributed by atoms with van der Waals surface area (Å²) >= 11 is 0. The molecule has 14 heavy (non-hydrogen) atoms. The highest BCUT2D eigenvalue weighted by Gasteiger charge is 2.07. The minimum absolute atomic E-state index is 0.0227. The van der Waals surface area contributed by atoms with Gasteiger partial charge in [0.2, 0.25) is 11.9 Å². The summed E-state index contributed by atoms with van der Waals surface area (Å²) in [5.41, 5.74) is 5.26. The van der Waals surface area contributed by atoms with Crippen LogP contribution in [0.2, 0.25) is 0 Å². The Hall–Kier alpha value is -2.16. The van der Waals surface area contributed by atoms with Crippen LogP contribution in [0.4, 0.5) is 5.95 Å². The molecule has 0 saturated heterocycles. The maximum atomic E-state index is 10.6. The molecular formula is C8H9N5O. The van der Waals surface area contributed by atoms with Crippen LogP contribution in [0.15, 0.2) is 12.3 Å². The van der Waals surface area contributed by atoms with E-state index in [1.54, 1.807) is 7.05 Å². The van der Waals surface area contributed by atoms with E-state index in [0.29, 0.717) is 5.95 Å². The number of nitrogens with two attached hydrogens (primary N) is 1. The quantitative estimate of drug-likeness (QED) is 0.679. The highest BCUT2D eigenvalue weighted by Crippen LogP contribution is 2.03. The lowest BCUT2D eigenvalue weighted by molar-refractivity contribution is -0.116. The molecule has 0 aromatic carbocycles. The molecule has 0 unspecified atom stereocenters. The Morgan fingerprint density at radius 2 is 2.50 bits per heavy atom. The maximum absolute atomic E-state index is 10.6. The van der Waals surface area contributed by atoms with Crippen LogP contribution in [0.3, 0.4) is 0 Å². The van der Waals surface area contributed by atoms with Crippen LogP contribution < -0.4 is 10.6 Å². The first kappa shape index (κ1) is 9.92. The normalized spacial score (nSPS) is 9.14. The third-order valence-corrected chi connectivity index (χ3v) is 1.49. The molecule has 0 atom stereocenters. The molecule has 1 heterocycles. The number of primary amides is 1. The smallest absolute Gasteiger partial charge is 0.237 e. The van der Waals surface area contributed by atoms with Gasteiger partial charge in [-0.25, -0.2) is 9.97 Å². The summed E-state index contributed by atoms with van der Waals surface area (Å²) in [6.45, 7) is 0.0227. The third-order valence-electron chi connectivity index (χ3n) is 1.49. The third kappa shape index (κ3) is 2.42. The van der Waals surface area contributed by atoms with Gasteiger partial charge in [0.15, 0.2) is 0 Å². The number of carbonyl (C=O) groups excluding carboxylic acids is 1. The molecule has 0 aliphatic heterocycles. The van der Waals surface area contributed by atoms with Crippen molar-refractivity contribution in [3.8, 4) is 6.07 Å². The minimum atomic E-state index is -0.474. The lowest BCUT2D eigenvalue weighted by atomic mass is 10.4. The Bertz CT molecular complexity index is 384. The molecule has 0 spiro atoms. The standard InChI is InChI=1S/C8H9N5O/c1-13(5-7(10)14)8-11-3-2-6(4-9)12-8/h2-3H,5H2,1H3,(H2,10,14). The summed E-state index contributed by atoms with van der Waals surface area (Å²) in [5, 5.41) is 8.58. The van der Waals surface area contributed by atoms with Gasteiger partial charge >= 0.3 is 0 Å². The fourth-order valence-electron chi connectivity index (χ4n) is 0.899. The van der Waals surface area contributed by atoms with E-state index in [0.717, 1.165) is 0 Å². The Kier molecular flexibility index (Phi) is 2.97. The fraction of sp³-hybridized carbons (Fsp3) is 0.250. The number of aromatic nitrogens is 2. The molecule has 1 aromatic heterocycles. The molecule has 0 radical (unpaired) electrons. The average Bonchev–Trinajstić information content (AvgIpc) is 2.17. The van der Waals surface area contributed by atoms with Crippen LogP contribution in [-0.4, -0.2) is 29.5 Å². The van der Waals surface area contributed by atoms with Crippen molar-refractivity contribution in [2.75, 3.05) is 18.5 Å². The van der Waals surface area contributed by atoms with Crippen molar-refractivity contribution >= 4 is 11.9 Å². The molecule has 1 aromatic rings. The van der Waals surface area contributed by atoms with Crippen LogP contribution in [0.25, 0.3) is 0 Å². The van der Waals surface area contributed by atoms with Gasteiger partial charge in [0.05, 0.1) is 6.54 Å². The predicted octanol–water partition coefficient (Wildman–Crippen LogP) is -0.730. The summed E-state index contributed by atoms with van der Waals surface area (Å²) in [6.07, 6.45) is 1.46. The van der Waals surface area contributed by atoms with E-state index in [2.05, 4.69) is 9.97 Å². The first-order valence-corrected chi connectivity index (χ1v) is 3.86. The molecule has 6 heteroatoms. The highest BCUT2D eigenvalue weighted by molar-refractivity contribution is 5.78. The number of likely N-dealkylation sites (N-methyl/N-ethyl adjacent to an activating group) is 1. The van der Waals surface area contributed by atoms with Crippen molar-refractivity contribution in [1.82, 2.24) is 9.97 Å². The first-order chi connectivity index (χ1) is 6.63. The van der Waals surface area contributed by atoms with E-state index in [1.807, 2.05) is 6.07 Å². The number of hydrogen-bond donors (Lipinski definition) is 1. The van der Waals surface area contributed by atoms with E-state index >= 15 is 0 Å². The van der Waals surface area contributed by atoms with Crippen LogP contribution >= 0.6 is 0 Å². The van der Waals surface area contributed by atoms with Crippen molar-refractivity contribution in [2.24, 2.45) is 5.73 Å². The summed E-state index contributed by atoms with van der Waals surface area (Å²) < 4.78 is 0. The maximum Gasteiger partial charge on any atom is 0.237 e. The zero-order chi connectivity index (χ0) is 10.6. The van der Waals surface area contributed by atoms with Crippen LogP contribution in [0.5, 0.6) is 0 Å². The van der Waals surface area contributed by atoms with Crippen molar-refractivity contribution in [3.05, 3.63) is 18.0 Å². The van der Waals surface area contributed by atoms with Gasteiger partial charge in [-0.05, 0) is 6.07 Å². The first-order valence-electron chi connectivity index (χ1n) is 3.86. The van der Waals surface area contributed by atoms with E-state index in [4.69, 9.17) is 11.0 Å². The zero-order valence-electron chi connectivity index (χ0n) is 7.64. The number of nitriles is 1. The number of rotatable bonds is 3. The van der Waals surface area contributed by atoms with E-state index in [9.17, 15) is 4.79 Å². The molecule has 0 aliphatic rings. The Labute approximate surface area is 81.0 Å². The molecule has 0 saturated carbocycles. The molecule has 1 rings (SSSR count). The number of hydrogen-bond acceptors (Lipinski definition) is 5. The Balaban J connectivity index is 2.85.